The normalized spacial score (nSPS) is 23.7. The van der Waals surface area contributed by atoms with E-state index in [1.165, 1.54) is 12.1 Å². The highest BCUT2D eigenvalue weighted by Crippen LogP contribution is 2.19. The molecule has 4 nitrogen and oxygen atoms in total. The van der Waals surface area contributed by atoms with Crippen LogP contribution in [0.4, 0.5) is 10.1 Å². The van der Waals surface area contributed by atoms with Gasteiger partial charge in [0.05, 0.1) is 17.8 Å². The van der Waals surface area contributed by atoms with Crippen LogP contribution in [0.2, 0.25) is 5.02 Å². The smallest absolute Gasteiger partial charge is 0.241 e. The minimum Gasteiger partial charge on any atom is -0.392 e. The first kappa shape index (κ1) is 12.3. The molecule has 1 saturated heterocycles. The van der Waals surface area contributed by atoms with Crippen molar-refractivity contribution in [2.75, 3.05) is 11.9 Å². The standard InChI is InChI=1S/C11H12ClFN2O2/c12-6-1-2-9(8(13)3-6)15-11(17)10-4-7(16)5-14-10/h1-3,7,10,14,16H,4-5H2,(H,15,17). The van der Waals surface area contributed by atoms with Gasteiger partial charge in [0.1, 0.15) is 5.82 Å². The highest BCUT2D eigenvalue weighted by molar-refractivity contribution is 6.30. The maximum absolute atomic E-state index is 13.4. The number of aliphatic hydroxyl groups is 1. The Balaban J connectivity index is 2.03. The van der Waals surface area contributed by atoms with Crippen LogP contribution in [0.5, 0.6) is 0 Å². The van der Waals surface area contributed by atoms with E-state index in [1.54, 1.807) is 0 Å². The van der Waals surface area contributed by atoms with Crippen LogP contribution < -0.4 is 10.6 Å². The lowest BCUT2D eigenvalue weighted by molar-refractivity contribution is -0.118. The molecule has 0 radical (unpaired) electrons. The van der Waals surface area contributed by atoms with Crippen LogP contribution in [0.15, 0.2) is 18.2 Å². The maximum Gasteiger partial charge on any atom is 0.241 e. The topological polar surface area (TPSA) is 61.4 Å². The predicted octanol–water partition coefficient (Wildman–Crippen LogP) is 1.14. The first-order chi connectivity index (χ1) is 8.06. The lowest BCUT2D eigenvalue weighted by Crippen LogP contribution is -2.35. The Bertz CT molecular complexity index is 441. The zero-order chi connectivity index (χ0) is 12.4. The number of anilines is 1. The van der Waals surface area contributed by atoms with E-state index in [2.05, 4.69) is 10.6 Å². The van der Waals surface area contributed by atoms with E-state index in [-0.39, 0.29) is 16.6 Å². The highest BCUT2D eigenvalue weighted by atomic mass is 35.5. The van der Waals surface area contributed by atoms with Crippen molar-refractivity contribution < 1.29 is 14.3 Å². The molecule has 0 aromatic heterocycles. The summed E-state index contributed by atoms with van der Waals surface area (Å²) in [6.07, 6.45) is -0.193. The monoisotopic (exact) mass is 258 g/mol. The van der Waals surface area contributed by atoms with E-state index in [9.17, 15) is 14.3 Å². The molecule has 1 aliphatic rings. The lowest BCUT2D eigenvalue weighted by atomic mass is 10.2. The molecular formula is C11H12ClFN2O2. The molecule has 6 heteroatoms. The number of carbonyl (C=O) groups is 1. The van der Waals surface area contributed by atoms with Gasteiger partial charge in [-0.1, -0.05) is 11.6 Å². The molecule has 1 aromatic carbocycles. The summed E-state index contributed by atoms with van der Waals surface area (Å²) < 4.78 is 13.4. The number of carbonyl (C=O) groups excluding carboxylic acids is 1. The number of aliphatic hydroxyl groups excluding tert-OH is 1. The molecule has 1 aromatic rings. The van der Waals surface area contributed by atoms with Crippen LogP contribution in [0.1, 0.15) is 6.42 Å². The van der Waals surface area contributed by atoms with E-state index in [0.29, 0.717) is 13.0 Å². The van der Waals surface area contributed by atoms with Crippen molar-refractivity contribution in [2.45, 2.75) is 18.6 Å². The predicted molar refractivity (Wildman–Crippen MR) is 62.5 cm³/mol. The second-order valence-electron chi connectivity index (χ2n) is 3.96. The number of β-amino-alcohol motifs (C(OH)–C–C–N with tert-alkyl or cyclic N) is 1. The molecule has 0 bridgehead atoms. The van der Waals surface area contributed by atoms with E-state index >= 15 is 0 Å². The second kappa shape index (κ2) is 5.00. The number of halogens is 2. The fourth-order valence-corrected chi connectivity index (χ4v) is 1.89. The largest absolute Gasteiger partial charge is 0.392 e. The molecule has 0 aliphatic carbocycles. The molecule has 0 spiro atoms. The van der Waals surface area contributed by atoms with Gasteiger partial charge in [0.2, 0.25) is 5.91 Å². The van der Waals surface area contributed by atoms with Crippen LogP contribution in [-0.2, 0) is 4.79 Å². The number of nitrogens with one attached hydrogen (secondary N) is 2. The van der Waals surface area contributed by atoms with Crippen LogP contribution in [0.3, 0.4) is 0 Å². The molecule has 1 aliphatic heterocycles. The third kappa shape index (κ3) is 2.94. The molecule has 92 valence electrons. The van der Waals surface area contributed by atoms with E-state index in [0.717, 1.165) is 6.07 Å². The number of hydrogen-bond donors (Lipinski definition) is 3. The first-order valence-electron chi connectivity index (χ1n) is 5.23. The van der Waals surface area contributed by atoms with Crippen LogP contribution >= 0.6 is 11.6 Å². The Morgan fingerprint density at radius 2 is 2.35 bits per heavy atom. The van der Waals surface area contributed by atoms with Gasteiger partial charge >= 0.3 is 0 Å². The van der Waals surface area contributed by atoms with Gasteiger partial charge < -0.3 is 15.7 Å². The number of hydrogen-bond acceptors (Lipinski definition) is 3. The van der Waals surface area contributed by atoms with Crippen molar-refractivity contribution in [1.29, 1.82) is 0 Å². The van der Waals surface area contributed by atoms with Crippen LogP contribution in [0, 0.1) is 5.82 Å². The number of rotatable bonds is 2. The Hall–Kier alpha value is -1.17. The molecule has 0 saturated carbocycles. The van der Waals surface area contributed by atoms with Crippen LogP contribution in [0.25, 0.3) is 0 Å². The van der Waals surface area contributed by atoms with Gasteiger partial charge in [-0.3, -0.25) is 4.79 Å². The van der Waals surface area contributed by atoms with E-state index in [1.807, 2.05) is 0 Å². The quantitative estimate of drug-likeness (QED) is 0.746. The molecule has 1 heterocycles. The summed E-state index contributed by atoms with van der Waals surface area (Å²) in [5.41, 5.74) is 0.0857. The minimum atomic E-state index is -0.579. The molecule has 3 N–H and O–H groups in total. The zero-order valence-corrected chi connectivity index (χ0v) is 9.67. The molecule has 2 unspecified atom stereocenters. The highest BCUT2D eigenvalue weighted by Gasteiger charge is 2.28. The van der Waals surface area contributed by atoms with Crippen molar-refractivity contribution in [3.05, 3.63) is 29.0 Å². The lowest BCUT2D eigenvalue weighted by Gasteiger charge is -2.11. The number of amides is 1. The van der Waals surface area contributed by atoms with Gasteiger partial charge in [0.25, 0.3) is 0 Å². The molecular weight excluding hydrogens is 247 g/mol. The Labute approximate surface area is 103 Å². The molecule has 2 atom stereocenters. The van der Waals surface area contributed by atoms with Crippen LogP contribution in [-0.4, -0.2) is 29.7 Å². The van der Waals surface area contributed by atoms with Crippen molar-refractivity contribution >= 4 is 23.2 Å². The van der Waals surface area contributed by atoms with Gasteiger partial charge in [-0.25, -0.2) is 4.39 Å². The summed E-state index contributed by atoms with van der Waals surface area (Å²) in [5, 5.41) is 14.8. The maximum atomic E-state index is 13.4. The number of benzene rings is 1. The van der Waals surface area contributed by atoms with Gasteiger partial charge in [0, 0.05) is 11.6 Å². The Morgan fingerprint density at radius 3 is 2.94 bits per heavy atom. The first-order valence-corrected chi connectivity index (χ1v) is 5.61. The molecule has 17 heavy (non-hydrogen) atoms. The SMILES string of the molecule is O=C(Nc1ccc(Cl)cc1F)C1CC(O)CN1. The fourth-order valence-electron chi connectivity index (χ4n) is 1.73. The van der Waals surface area contributed by atoms with Gasteiger partial charge in [-0.05, 0) is 24.6 Å². The van der Waals surface area contributed by atoms with Crippen molar-refractivity contribution in [1.82, 2.24) is 5.32 Å². The third-order valence-electron chi connectivity index (χ3n) is 2.61. The average molecular weight is 259 g/mol. The summed E-state index contributed by atoms with van der Waals surface area (Å²) in [6, 6.07) is 3.55. The van der Waals surface area contributed by atoms with Crippen molar-refractivity contribution in [2.24, 2.45) is 0 Å². The molecule has 1 amide bonds. The third-order valence-corrected chi connectivity index (χ3v) is 2.85. The second-order valence-corrected chi connectivity index (χ2v) is 4.40. The van der Waals surface area contributed by atoms with Gasteiger partial charge in [-0.2, -0.15) is 0 Å². The van der Waals surface area contributed by atoms with Crippen molar-refractivity contribution in [3.8, 4) is 0 Å². The van der Waals surface area contributed by atoms with Gasteiger partial charge in [0.15, 0.2) is 0 Å². The van der Waals surface area contributed by atoms with Gasteiger partial charge in [-0.15, -0.1) is 0 Å². The van der Waals surface area contributed by atoms with Crippen molar-refractivity contribution in [3.63, 3.8) is 0 Å². The summed E-state index contributed by atoms with van der Waals surface area (Å²) >= 11 is 5.60. The average Bonchev–Trinajstić information content (AvgIpc) is 2.69. The summed E-state index contributed by atoms with van der Waals surface area (Å²) in [4.78, 5) is 11.7. The minimum absolute atomic E-state index is 0.0857. The Morgan fingerprint density at radius 1 is 1.59 bits per heavy atom. The summed E-state index contributed by atoms with van der Waals surface area (Å²) in [6.45, 7) is 0.376. The summed E-state index contributed by atoms with van der Waals surface area (Å²) in [7, 11) is 0. The van der Waals surface area contributed by atoms with E-state index in [4.69, 9.17) is 11.6 Å². The molecule has 2 rings (SSSR count). The Kier molecular flexibility index (Phi) is 3.61. The van der Waals surface area contributed by atoms with E-state index < -0.39 is 18.0 Å². The fraction of sp³-hybridized carbons (Fsp3) is 0.364. The molecule has 1 fully saturated rings. The zero-order valence-electron chi connectivity index (χ0n) is 8.91. The summed E-state index contributed by atoms with van der Waals surface area (Å²) in [5.74, 6) is -0.938.